The third kappa shape index (κ3) is 3.24. The molecule has 0 aliphatic carbocycles. The van der Waals surface area contributed by atoms with Crippen LogP contribution >= 0.6 is 23.2 Å². The van der Waals surface area contributed by atoms with Crippen LogP contribution in [0.15, 0.2) is 30.3 Å². The normalized spacial score (nSPS) is 18.4. The van der Waals surface area contributed by atoms with Crippen molar-refractivity contribution < 1.29 is 14.4 Å². The van der Waals surface area contributed by atoms with E-state index in [1.807, 2.05) is 0 Å². The Kier molecular flexibility index (Phi) is 4.49. The molecule has 0 radical (unpaired) electrons. The highest BCUT2D eigenvalue weighted by molar-refractivity contribution is 6.35. The van der Waals surface area contributed by atoms with E-state index in [1.165, 1.54) is 12.1 Å². The van der Waals surface area contributed by atoms with Crippen LogP contribution in [0.1, 0.15) is 33.6 Å². The van der Waals surface area contributed by atoms with E-state index in [-0.39, 0.29) is 27.7 Å². The fraction of sp³-hybridized carbons (Fsp3) is 0.222. The van der Waals surface area contributed by atoms with Crippen LogP contribution in [0.2, 0.25) is 10.3 Å². The predicted molar refractivity (Wildman–Crippen MR) is 101 cm³/mol. The molecule has 3 heterocycles. The molecule has 1 aromatic carbocycles. The molecule has 2 aromatic rings. The molecule has 1 saturated heterocycles. The quantitative estimate of drug-likeness (QED) is 0.751. The van der Waals surface area contributed by atoms with Crippen LogP contribution in [-0.4, -0.2) is 40.2 Å². The predicted octanol–water partition coefficient (Wildman–Crippen LogP) is 3.20. The Labute approximate surface area is 164 Å². The van der Waals surface area contributed by atoms with Crippen molar-refractivity contribution in [2.45, 2.75) is 18.9 Å². The monoisotopic (exact) mass is 404 g/mol. The van der Waals surface area contributed by atoms with Gasteiger partial charge in [0.25, 0.3) is 11.8 Å². The summed E-state index contributed by atoms with van der Waals surface area (Å²) in [4.78, 5) is 43.0. The Morgan fingerprint density at radius 2 is 2.04 bits per heavy atom. The lowest BCUT2D eigenvalue weighted by Gasteiger charge is -2.20. The second-order valence-electron chi connectivity index (χ2n) is 6.33. The lowest BCUT2D eigenvalue weighted by atomic mass is 10.1. The van der Waals surface area contributed by atoms with Crippen molar-refractivity contribution in [2.75, 3.05) is 17.2 Å². The summed E-state index contributed by atoms with van der Waals surface area (Å²) in [5.74, 6) is -0.892. The molecule has 1 unspecified atom stereocenters. The third-order valence-electron chi connectivity index (χ3n) is 4.64. The molecular formula is C18H14Cl2N4O3. The first kappa shape index (κ1) is 17.8. The average molecular weight is 405 g/mol. The Morgan fingerprint density at radius 1 is 1.22 bits per heavy atom. The van der Waals surface area contributed by atoms with Gasteiger partial charge in [-0.05, 0) is 43.2 Å². The second-order valence-corrected chi connectivity index (χ2v) is 7.08. The fourth-order valence-corrected chi connectivity index (χ4v) is 3.77. The van der Waals surface area contributed by atoms with Crippen LogP contribution in [0, 0.1) is 0 Å². The number of carbonyl (C=O) groups is 3. The highest BCUT2D eigenvalue weighted by atomic mass is 35.5. The van der Waals surface area contributed by atoms with Crippen molar-refractivity contribution in [3.8, 4) is 0 Å². The lowest BCUT2D eigenvalue weighted by molar-refractivity contribution is -0.119. The molecular weight excluding hydrogens is 391 g/mol. The maximum absolute atomic E-state index is 12.8. The summed E-state index contributed by atoms with van der Waals surface area (Å²) in [6.07, 6.45) is 1.44. The van der Waals surface area contributed by atoms with Gasteiger partial charge >= 0.3 is 0 Å². The summed E-state index contributed by atoms with van der Waals surface area (Å²) in [5, 5.41) is 5.65. The van der Waals surface area contributed by atoms with Crippen LogP contribution in [0.4, 0.5) is 11.4 Å². The Hall–Kier alpha value is -2.64. The van der Waals surface area contributed by atoms with Gasteiger partial charge in [0.15, 0.2) is 0 Å². The van der Waals surface area contributed by atoms with Gasteiger partial charge in [-0.2, -0.15) is 0 Å². The number of amides is 3. The van der Waals surface area contributed by atoms with Gasteiger partial charge in [0.1, 0.15) is 16.3 Å². The number of nitrogens with one attached hydrogen (secondary N) is 2. The van der Waals surface area contributed by atoms with Gasteiger partial charge in [0, 0.05) is 12.2 Å². The zero-order valence-electron chi connectivity index (χ0n) is 14.0. The van der Waals surface area contributed by atoms with E-state index in [4.69, 9.17) is 23.2 Å². The van der Waals surface area contributed by atoms with Crippen molar-refractivity contribution in [3.05, 3.63) is 51.8 Å². The van der Waals surface area contributed by atoms with E-state index in [2.05, 4.69) is 15.6 Å². The summed E-state index contributed by atoms with van der Waals surface area (Å²) in [6, 6.07) is 7.25. The van der Waals surface area contributed by atoms with Crippen LogP contribution in [0.25, 0.3) is 0 Å². The Balaban J connectivity index is 1.63. The standard InChI is InChI=1S/C18H14Cl2N4O3/c19-14-6-4-10(15(20)23-14)16(25)21-9-3-5-12-11(8-9)18(27)24-7-1-2-13(24)17(26)22-12/h3-6,8,13H,1-2,7H2,(H,21,25)(H,22,26). The number of pyridine rings is 1. The Morgan fingerprint density at radius 3 is 2.81 bits per heavy atom. The highest BCUT2D eigenvalue weighted by Crippen LogP contribution is 2.30. The molecule has 4 rings (SSSR count). The number of nitrogens with zero attached hydrogens (tertiary/aromatic N) is 2. The number of anilines is 2. The minimum absolute atomic E-state index is 0.0157. The van der Waals surface area contributed by atoms with Gasteiger partial charge in [-0.3, -0.25) is 14.4 Å². The number of halogens is 2. The largest absolute Gasteiger partial charge is 0.327 e. The molecule has 9 heteroatoms. The van der Waals surface area contributed by atoms with Gasteiger partial charge in [0.05, 0.1) is 16.8 Å². The third-order valence-corrected chi connectivity index (χ3v) is 5.14. The van der Waals surface area contributed by atoms with Gasteiger partial charge in [0.2, 0.25) is 5.91 Å². The molecule has 1 atom stereocenters. The van der Waals surface area contributed by atoms with Crippen molar-refractivity contribution in [1.82, 2.24) is 9.88 Å². The molecule has 138 valence electrons. The maximum Gasteiger partial charge on any atom is 0.258 e. The molecule has 3 amide bonds. The van der Waals surface area contributed by atoms with E-state index in [9.17, 15) is 14.4 Å². The van der Waals surface area contributed by atoms with Crippen LogP contribution in [-0.2, 0) is 4.79 Å². The van der Waals surface area contributed by atoms with E-state index >= 15 is 0 Å². The molecule has 2 aliphatic heterocycles. The molecule has 0 bridgehead atoms. The number of hydrogen-bond donors (Lipinski definition) is 2. The van der Waals surface area contributed by atoms with Gasteiger partial charge < -0.3 is 15.5 Å². The molecule has 7 nitrogen and oxygen atoms in total. The highest BCUT2D eigenvalue weighted by Gasteiger charge is 2.38. The molecule has 1 aromatic heterocycles. The summed E-state index contributed by atoms with van der Waals surface area (Å²) < 4.78 is 0. The van der Waals surface area contributed by atoms with E-state index in [1.54, 1.807) is 23.1 Å². The first-order chi connectivity index (χ1) is 12.9. The molecule has 27 heavy (non-hydrogen) atoms. The van der Waals surface area contributed by atoms with E-state index in [0.717, 1.165) is 6.42 Å². The topological polar surface area (TPSA) is 91.4 Å². The summed E-state index contributed by atoms with van der Waals surface area (Å²) >= 11 is 11.7. The fourth-order valence-electron chi connectivity index (χ4n) is 3.34. The van der Waals surface area contributed by atoms with Crippen molar-refractivity contribution in [3.63, 3.8) is 0 Å². The van der Waals surface area contributed by atoms with Crippen molar-refractivity contribution in [1.29, 1.82) is 0 Å². The van der Waals surface area contributed by atoms with Gasteiger partial charge in [-0.1, -0.05) is 23.2 Å². The number of aromatic nitrogens is 1. The van der Waals surface area contributed by atoms with Crippen LogP contribution < -0.4 is 10.6 Å². The van der Waals surface area contributed by atoms with Crippen molar-refractivity contribution >= 4 is 52.3 Å². The van der Waals surface area contributed by atoms with Gasteiger partial charge in [-0.15, -0.1) is 0 Å². The number of rotatable bonds is 2. The van der Waals surface area contributed by atoms with Gasteiger partial charge in [-0.25, -0.2) is 4.98 Å². The summed E-state index contributed by atoms with van der Waals surface area (Å²) in [7, 11) is 0. The Bertz CT molecular complexity index is 979. The van der Waals surface area contributed by atoms with E-state index < -0.39 is 11.9 Å². The second kappa shape index (κ2) is 6.83. The average Bonchev–Trinajstić information content (AvgIpc) is 3.09. The SMILES string of the molecule is O=C(Nc1ccc2c(c1)C(=O)N1CCCC1C(=O)N2)c1ccc(Cl)nc1Cl. The molecule has 0 saturated carbocycles. The molecule has 2 N–H and O–H groups in total. The smallest absolute Gasteiger partial charge is 0.258 e. The maximum atomic E-state index is 12.8. The molecule has 1 fully saturated rings. The zero-order valence-corrected chi connectivity index (χ0v) is 15.5. The van der Waals surface area contributed by atoms with E-state index in [0.29, 0.717) is 29.9 Å². The minimum atomic E-state index is -0.478. The zero-order chi connectivity index (χ0) is 19.1. The summed E-state index contributed by atoms with van der Waals surface area (Å²) in [6.45, 7) is 0.541. The minimum Gasteiger partial charge on any atom is -0.327 e. The van der Waals surface area contributed by atoms with Crippen LogP contribution in [0.3, 0.4) is 0 Å². The first-order valence-corrected chi connectivity index (χ1v) is 9.09. The summed E-state index contributed by atoms with van der Waals surface area (Å²) in [5.41, 5.74) is 1.34. The van der Waals surface area contributed by atoms with Crippen molar-refractivity contribution in [2.24, 2.45) is 0 Å². The number of hydrogen-bond acceptors (Lipinski definition) is 4. The lowest BCUT2D eigenvalue weighted by Crippen LogP contribution is -2.40. The molecule has 0 spiro atoms. The first-order valence-electron chi connectivity index (χ1n) is 8.33. The van der Waals surface area contributed by atoms with Crippen LogP contribution in [0.5, 0.6) is 0 Å². The number of carbonyl (C=O) groups excluding carboxylic acids is 3. The molecule has 2 aliphatic rings. The number of benzene rings is 1. The number of fused-ring (bicyclic) bond motifs is 2.